The van der Waals surface area contributed by atoms with E-state index in [1.807, 2.05) is 97.9 Å². The van der Waals surface area contributed by atoms with Crippen molar-refractivity contribution in [3.8, 4) is 11.5 Å². The normalized spacial score (nSPS) is 14.5. The van der Waals surface area contributed by atoms with Crippen molar-refractivity contribution in [3.63, 3.8) is 0 Å². The van der Waals surface area contributed by atoms with Gasteiger partial charge in [0.05, 0.1) is 19.9 Å². The molecule has 5 nitrogen and oxygen atoms in total. The molecule has 0 fully saturated rings. The van der Waals surface area contributed by atoms with Gasteiger partial charge in [0.2, 0.25) is 0 Å². The van der Waals surface area contributed by atoms with E-state index in [2.05, 4.69) is 0 Å². The van der Waals surface area contributed by atoms with Gasteiger partial charge in [0.1, 0.15) is 0 Å². The summed E-state index contributed by atoms with van der Waals surface area (Å²) in [7, 11) is 7.16. The molecule has 0 unspecified atom stereocenters. The lowest BCUT2D eigenvalue weighted by Gasteiger charge is -2.22. The highest BCUT2D eigenvalue weighted by Gasteiger charge is 2.30. The Kier molecular flexibility index (Phi) is 6.43. The van der Waals surface area contributed by atoms with E-state index < -0.39 is 0 Å². The lowest BCUT2D eigenvalue weighted by atomic mass is 10.1. The minimum absolute atomic E-state index is 0.104. The number of anilines is 2. The lowest BCUT2D eigenvalue weighted by Crippen LogP contribution is -2.25. The molecule has 0 radical (unpaired) electrons. The molecule has 4 rings (SSSR count). The van der Waals surface area contributed by atoms with Gasteiger partial charge < -0.3 is 14.4 Å². The maximum atomic E-state index is 13.6. The van der Waals surface area contributed by atoms with Crippen LogP contribution in [0.4, 0.5) is 11.4 Å². The first-order valence-corrected chi connectivity index (χ1v) is 10.8. The van der Waals surface area contributed by atoms with Gasteiger partial charge in [-0.15, -0.1) is 0 Å². The Morgan fingerprint density at radius 2 is 1.55 bits per heavy atom. The van der Waals surface area contributed by atoms with Crippen LogP contribution in [0, 0.1) is 0 Å². The van der Waals surface area contributed by atoms with E-state index in [1.165, 1.54) is 0 Å². The molecule has 0 spiro atoms. The molecular formula is C27H25ClN2O3. The number of carbonyl (C=O) groups excluding carboxylic acids is 1. The highest BCUT2D eigenvalue weighted by Crippen LogP contribution is 2.37. The van der Waals surface area contributed by atoms with Gasteiger partial charge in [-0.2, -0.15) is 0 Å². The zero-order valence-electron chi connectivity index (χ0n) is 19.0. The van der Waals surface area contributed by atoms with Gasteiger partial charge in [-0.1, -0.05) is 29.8 Å². The molecule has 0 aromatic heterocycles. The van der Waals surface area contributed by atoms with Gasteiger partial charge in [-0.3, -0.25) is 9.69 Å². The van der Waals surface area contributed by atoms with Crippen molar-refractivity contribution in [3.05, 3.63) is 94.5 Å². The van der Waals surface area contributed by atoms with E-state index in [0.717, 1.165) is 28.2 Å². The summed E-state index contributed by atoms with van der Waals surface area (Å²) in [6.45, 7) is 0. The van der Waals surface area contributed by atoms with Crippen LogP contribution < -0.4 is 19.3 Å². The maximum Gasteiger partial charge on any atom is 0.262 e. The van der Waals surface area contributed by atoms with Gasteiger partial charge in [0.15, 0.2) is 11.5 Å². The van der Waals surface area contributed by atoms with Crippen LogP contribution in [0.15, 0.2) is 78.4 Å². The van der Waals surface area contributed by atoms with Crippen LogP contribution in [0.2, 0.25) is 5.02 Å². The summed E-state index contributed by atoms with van der Waals surface area (Å²) in [5.41, 5.74) is 4.96. The van der Waals surface area contributed by atoms with Crippen molar-refractivity contribution in [2.45, 2.75) is 0 Å². The van der Waals surface area contributed by atoms with Crippen LogP contribution in [0.25, 0.3) is 11.8 Å². The molecule has 1 aliphatic rings. The SMILES string of the molecule is COc1ccc(/C=C2\C=C(c3ccc(Cl)cc3)N(c3ccc(N(C)C)cc3)C2=O)cc1OC. The third-order valence-corrected chi connectivity index (χ3v) is 5.73. The van der Waals surface area contributed by atoms with Crippen LogP contribution >= 0.6 is 11.6 Å². The van der Waals surface area contributed by atoms with Crippen molar-refractivity contribution >= 4 is 40.7 Å². The first-order chi connectivity index (χ1) is 15.9. The molecule has 168 valence electrons. The quantitative estimate of drug-likeness (QED) is 0.430. The number of halogens is 1. The minimum Gasteiger partial charge on any atom is -0.493 e. The summed E-state index contributed by atoms with van der Waals surface area (Å²) in [5.74, 6) is 1.14. The fraction of sp³-hybridized carbons (Fsp3) is 0.148. The molecule has 0 saturated heterocycles. The standard InChI is InChI=1S/C27H25ClN2O3/c1-29(2)22-10-12-23(13-11-22)30-24(19-6-8-21(28)9-7-19)17-20(27(30)31)15-18-5-14-25(32-3)26(16-18)33-4/h5-17H,1-4H3/b20-15+. The summed E-state index contributed by atoms with van der Waals surface area (Å²) in [5, 5.41) is 0.645. The Balaban J connectivity index is 1.78. The summed E-state index contributed by atoms with van der Waals surface area (Å²) >= 11 is 6.10. The highest BCUT2D eigenvalue weighted by molar-refractivity contribution is 6.30. The smallest absolute Gasteiger partial charge is 0.262 e. The second kappa shape index (κ2) is 9.43. The molecule has 0 N–H and O–H groups in total. The molecular weight excluding hydrogens is 436 g/mol. The van der Waals surface area contributed by atoms with Crippen LogP contribution in [0.3, 0.4) is 0 Å². The van der Waals surface area contributed by atoms with Crippen LogP contribution in [0.1, 0.15) is 11.1 Å². The second-order valence-corrected chi connectivity index (χ2v) is 8.24. The fourth-order valence-electron chi connectivity index (χ4n) is 3.73. The first kappa shape index (κ1) is 22.5. The molecule has 0 aliphatic carbocycles. The lowest BCUT2D eigenvalue weighted by molar-refractivity contribution is -0.113. The van der Waals surface area contributed by atoms with E-state index in [0.29, 0.717) is 22.1 Å². The Hall–Kier alpha value is -3.70. The van der Waals surface area contributed by atoms with Crippen molar-refractivity contribution in [1.82, 2.24) is 0 Å². The summed E-state index contributed by atoms with van der Waals surface area (Å²) in [6.07, 6.45) is 3.76. The van der Waals surface area contributed by atoms with E-state index >= 15 is 0 Å². The number of rotatable bonds is 6. The van der Waals surface area contributed by atoms with Crippen molar-refractivity contribution in [2.75, 3.05) is 38.1 Å². The van der Waals surface area contributed by atoms with E-state index in [1.54, 1.807) is 19.1 Å². The van der Waals surface area contributed by atoms with Gasteiger partial charge in [0.25, 0.3) is 5.91 Å². The number of nitrogens with zero attached hydrogens (tertiary/aromatic N) is 2. The Labute approximate surface area is 199 Å². The zero-order chi connectivity index (χ0) is 23.5. The monoisotopic (exact) mass is 460 g/mol. The number of carbonyl (C=O) groups is 1. The Bertz CT molecular complexity index is 1230. The number of benzene rings is 3. The average Bonchev–Trinajstić information content (AvgIpc) is 3.15. The van der Waals surface area contributed by atoms with E-state index in [9.17, 15) is 4.79 Å². The third kappa shape index (κ3) is 4.59. The molecule has 0 atom stereocenters. The maximum absolute atomic E-state index is 13.6. The number of hydrogen-bond acceptors (Lipinski definition) is 4. The Morgan fingerprint density at radius 3 is 2.15 bits per heavy atom. The zero-order valence-corrected chi connectivity index (χ0v) is 19.8. The van der Waals surface area contributed by atoms with Crippen LogP contribution in [0.5, 0.6) is 11.5 Å². The molecule has 33 heavy (non-hydrogen) atoms. The number of methoxy groups -OCH3 is 2. The van der Waals surface area contributed by atoms with Crippen LogP contribution in [-0.4, -0.2) is 34.2 Å². The summed E-state index contributed by atoms with van der Waals surface area (Å²) in [4.78, 5) is 17.3. The van der Waals surface area contributed by atoms with Crippen molar-refractivity contribution in [1.29, 1.82) is 0 Å². The minimum atomic E-state index is -0.104. The highest BCUT2D eigenvalue weighted by atomic mass is 35.5. The number of ether oxygens (including phenoxy) is 2. The van der Waals surface area contributed by atoms with Gasteiger partial charge >= 0.3 is 0 Å². The predicted octanol–water partition coefficient (Wildman–Crippen LogP) is 5.89. The van der Waals surface area contributed by atoms with Gasteiger partial charge in [0, 0.05) is 36.1 Å². The van der Waals surface area contributed by atoms with E-state index in [4.69, 9.17) is 21.1 Å². The van der Waals surface area contributed by atoms with Crippen molar-refractivity contribution < 1.29 is 14.3 Å². The molecule has 0 bridgehead atoms. The molecule has 1 amide bonds. The topological polar surface area (TPSA) is 42.0 Å². The van der Waals surface area contributed by atoms with Gasteiger partial charge in [-0.25, -0.2) is 0 Å². The molecule has 3 aromatic carbocycles. The predicted molar refractivity (Wildman–Crippen MR) is 135 cm³/mol. The molecule has 1 aliphatic heterocycles. The average molecular weight is 461 g/mol. The van der Waals surface area contributed by atoms with E-state index in [-0.39, 0.29) is 5.91 Å². The molecule has 0 saturated carbocycles. The molecule has 6 heteroatoms. The van der Waals surface area contributed by atoms with Crippen molar-refractivity contribution in [2.24, 2.45) is 0 Å². The number of hydrogen-bond donors (Lipinski definition) is 0. The number of amides is 1. The van der Waals surface area contributed by atoms with Crippen LogP contribution in [-0.2, 0) is 4.79 Å². The largest absolute Gasteiger partial charge is 0.493 e. The molecule has 3 aromatic rings. The second-order valence-electron chi connectivity index (χ2n) is 7.80. The van der Waals surface area contributed by atoms with Gasteiger partial charge in [-0.05, 0) is 71.8 Å². The summed E-state index contributed by atoms with van der Waals surface area (Å²) < 4.78 is 10.7. The first-order valence-electron chi connectivity index (χ1n) is 10.4. The molecule has 1 heterocycles. The summed E-state index contributed by atoms with van der Waals surface area (Å²) in [6, 6.07) is 21.0. The fourth-order valence-corrected chi connectivity index (χ4v) is 3.85. The Morgan fingerprint density at radius 1 is 0.879 bits per heavy atom. The third-order valence-electron chi connectivity index (χ3n) is 5.48.